The SMILES string of the molecule is CCOC(=O)Cc1csc(CN2CCNCC2)n1. The molecule has 2 rings (SSSR count). The van der Waals surface area contributed by atoms with Gasteiger partial charge >= 0.3 is 5.97 Å². The molecule has 1 aliphatic heterocycles. The third-order valence-electron chi connectivity index (χ3n) is 2.80. The van der Waals surface area contributed by atoms with E-state index in [1.165, 1.54) is 0 Å². The van der Waals surface area contributed by atoms with Crippen molar-refractivity contribution in [3.05, 3.63) is 16.1 Å². The molecule has 1 aromatic heterocycles. The molecule has 1 aliphatic rings. The van der Waals surface area contributed by atoms with Gasteiger partial charge in [-0.05, 0) is 6.92 Å². The summed E-state index contributed by atoms with van der Waals surface area (Å²) in [7, 11) is 0. The van der Waals surface area contributed by atoms with E-state index in [1.807, 2.05) is 12.3 Å². The van der Waals surface area contributed by atoms with Crippen molar-refractivity contribution < 1.29 is 9.53 Å². The molecule has 1 N–H and O–H groups in total. The van der Waals surface area contributed by atoms with E-state index in [2.05, 4.69) is 15.2 Å². The second-order valence-corrected chi connectivity index (χ2v) is 5.18. The highest BCUT2D eigenvalue weighted by Crippen LogP contribution is 2.13. The minimum atomic E-state index is -0.198. The maximum absolute atomic E-state index is 11.3. The fourth-order valence-corrected chi connectivity index (χ4v) is 2.76. The van der Waals surface area contributed by atoms with Crippen molar-refractivity contribution in [2.75, 3.05) is 32.8 Å². The lowest BCUT2D eigenvalue weighted by molar-refractivity contribution is -0.142. The molecule has 0 amide bonds. The minimum absolute atomic E-state index is 0.198. The zero-order valence-electron chi connectivity index (χ0n) is 10.6. The van der Waals surface area contributed by atoms with Crippen LogP contribution >= 0.6 is 11.3 Å². The van der Waals surface area contributed by atoms with Crippen molar-refractivity contribution >= 4 is 17.3 Å². The Kier molecular flexibility index (Phi) is 5.10. The number of nitrogens with one attached hydrogen (secondary N) is 1. The Morgan fingerprint density at radius 1 is 1.56 bits per heavy atom. The first-order chi connectivity index (χ1) is 8.78. The van der Waals surface area contributed by atoms with Gasteiger partial charge in [-0.3, -0.25) is 9.69 Å². The molecular weight excluding hydrogens is 250 g/mol. The Hall–Kier alpha value is -0.980. The van der Waals surface area contributed by atoms with Gasteiger partial charge in [0, 0.05) is 31.6 Å². The lowest BCUT2D eigenvalue weighted by Gasteiger charge is -2.26. The number of rotatable bonds is 5. The molecule has 2 heterocycles. The molecule has 1 saturated heterocycles. The maximum Gasteiger partial charge on any atom is 0.311 e. The van der Waals surface area contributed by atoms with Crippen molar-refractivity contribution in [2.45, 2.75) is 19.9 Å². The van der Waals surface area contributed by atoms with E-state index in [-0.39, 0.29) is 12.4 Å². The van der Waals surface area contributed by atoms with Gasteiger partial charge in [-0.15, -0.1) is 11.3 Å². The number of hydrogen-bond donors (Lipinski definition) is 1. The zero-order valence-corrected chi connectivity index (χ0v) is 11.5. The highest BCUT2D eigenvalue weighted by Gasteiger charge is 2.13. The molecular formula is C12H19N3O2S. The number of thiazole rings is 1. The van der Waals surface area contributed by atoms with Crippen molar-refractivity contribution in [1.82, 2.24) is 15.2 Å². The van der Waals surface area contributed by atoms with Crippen LogP contribution in [0.25, 0.3) is 0 Å². The first-order valence-electron chi connectivity index (χ1n) is 6.30. The van der Waals surface area contributed by atoms with Gasteiger partial charge in [0.15, 0.2) is 0 Å². The molecule has 1 aromatic rings. The van der Waals surface area contributed by atoms with Gasteiger partial charge in [-0.1, -0.05) is 0 Å². The third-order valence-corrected chi connectivity index (χ3v) is 3.68. The number of ether oxygens (including phenoxy) is 1. The lowest BCUT2D eigenvalue weighted by atomic mass is 10.3. The number of carbonyl (C=O) groups is 1. The average molecular weight is 269 g/mol. The van der Waals surface area contributed by atoms with Crippen molar-refractivity contribution in [2.24, 2.45) is 0 Å². The largest absolute Gasteiger partial charge is 0.466 e. The van der Waals surface area contributed by atoms with Gasteiger partial charge in [-0.25, -0.2) is 4.98 Å². The normalized spacial score (nSPS) is 16.7. The first-order valence-corrected chi connectivity index (χ1v) is 7.18. The van der Waals surface area contributed by atoms with Gasteiger partial charge in [0.2, 0.25) is 0 Å². The molecule has 0 aromatic carbocycles. The fourth-order valence-electron chi connectivity index (χ4n) is 1.92. The van der Waals surface area contributed by atoms with E-state index < -0.39 is 0 Å². The number of nitrogens with zero attached hydrogens (tertiary/aromatic N) is 2. The van der Waals surface area contributed by atoms with Crippen LogP contribution in [-0.4, -0.2) is 48.6 Å². The van der Waals surface area contributed by atoms with Crippen LogP contribution in [0.2, 0.25) is 0 Å². The summed E-state index contributed by atoms with van der Waals surface area (Å²) in [6.45, 7) is 7.34. The molecule has 5 nitrogen and oxygen atoms in total. The zero-order chi connectivity index (χ0) is 12.8. The summed E-state index contributed by atoms with van der Waals surface area (Å²) < 4.78 is 4.91. The Labute approximate surface area is 111 Å². The van der Waals surface area contributed by atoms with Gasteiger partial charge in [0.1, 0.15) is 5.01 Å². The summed E-state index contributed by atoms with van der Waals surface area (Å²) in [5.74, 6) is -0.198. The number of aromatic nitrogens is 1. The summed E-state index contributed by atoms with van der Waals surface area (Å²) in [4.78, 5) is 18.2. The quantitative estimate of drug-likeness (QED) is 0.796. The van der Waals surface area contributed by atoms with Crippen molar-refractivity contribution in [1.29, 1.82) is 0 Å². The maximum atomic E-state index is 11.3. The third kappa shape index (κ3) is 4.04. The van der Waals surface area contributed by atoms with Crippen LogP contribution in [0, 0.1) is 0 Å². The molecule has 100 valence electrons. The standard InChI is InChI=1S/C12H19N3O2S/c1-2-17-12(16)7-10-9-18-11(14-10)8-15-5-3-13-4-6-15/h9,13H,2-8H2,1H3. The second-order valence-electron chi connectivity index (χ2n) is 4.24. The second kappa shape index (κ2) is 6.82. The van der Waals surface area contributed by atoms with Gasteiger partial charge in [0.05, 0.1) is 25.3 Å². The fraction of sp³-hybridized carbons (Fsp3) is 0.667. The summed E-state index contributed by atoms with van der Waals surface area (Å²) in [6, 6.07) is 0. The smallest absolute Gasteiger partial charge is 0.311 e. The van der Waals surface area contributed by atoms with E-state index in [1.54, 1.807) is 11.3 Å². The number of piperazine rings is 1. The van der Waals surface area contributed by atoms with Crippen LogP contribution < -0.4 is 5.32 Å². The summed E-state index contributed by atoms with van der Waals surface area (Å²) in [5, 5.41) is 6.36. The van der Waals surface area contributed by atoms with Gasteiger partial charge in [-0.2, -0.15) is 0 Å². The molecule has 0 spiro atoms. The summed E-state index contributed by atoms with van der Waals surface area (Å²) in [6.07, 6.45) is 0.284. The Morgan fingerprint density at radius 2 is 2.33 bits per heavy atom. The van der Waals surface area contributed by atoms with E-state index in [4.69, 9.17) is 4.74 Å². The topological polar surface area (TPSA) is 54.5 Å². The summed E-state index contributed by atoms with van der Waals surface area (Å²) in [5.41, 5.74) is 0.823. The van der Waals surface area contributed by atoms with E-state index in [0.717, 1.165) is 43.4 Å². The number of hydrogen-bond acceptors (Lipinski definition) is 6. The van der Waals surface area contributed by atoms with E-state index >= 15 is 0 Å². The monoisotopic (exact) mass is 269 g/mol. The van der Waals surface area contributed by atoms with E-state index in [9.17, 15) is 4.79 Å². The van der Waals surface area contributed by atoms with E-state index in [0.29, 0.717) is 6.61 Å². The predicted molar refractivity (Wildman–Crippen MR) is 70.6 cm³/mol. The molecule has 0 saturated carbocycles. The molecule has 1 fully saturated rings. The predicted octanol–water partition coefficient (Wildman–Crippen LogP) is 0.654. The molecule has 0 atom stereocenters. The van der Waals surface area contributed by atoms with Crippen LogP contribution in [0.1, 0.15) is 17.6 Å². The summed E-state index contributed by atoms with van der Waals surface area (Å²) >= 11 is 1.62. The Balaban J connectivity index is 1.83. The van der Waals surface area contributed by atoms with Crippen LogP contribution in [0.15, 0.2) is 5.38 Å². The number of carbonyl (C=O) groups excluding carboxylic acids is 1. The highest BCUT2D eigenvalue weighted by molar-refractivity contribution is 7.09. The van der Waals surface area contributed by atoms with Crippen LogP contribution in [-0.2, 0) is 22.5 Å². The molecule has 6 heteroatoms. The van der Waals surface area contributed by atoms with Gasteiger partial charge in [0.25, 0.3) is 0 Å². The highest BCUT2D eigenvalue weighted by atomic mass is 32.1. The molecule has 0 aliphatic carbocycles. The first kappa shape index (κ1) is 13.5. The number of esters is 1. The van der Waals surface area contributed by atoms with Crippen molar-refractivity contribution in [3.8, 4) is 0 Å². The van der Waals surface area contributed by atoms with Crippen LogP contribution in [0.5, 0.6) is 0 Å². The van der Waals surface area contributed by atoms with Crippen molar-refractivity contribution in [3.63, 3.8) is 0 Å². The van der Waals surface area contributed by atoms with Crippen LogP contribution in [0.4, 0.5) is 0 Å². The molecule has 0 radical (unpaired) electrons. The van der Waals surface area contributed by atoms with Crippen LogP contribution in [0.3, 0.4) is 0 Å². The Morgan fingerprint density at radius 3 is 3.06 bits per heavy atom. The molecule has 18 heavy (non-hydrogen) atoms. The van der Waals surface area contributed by atoms with Gasteiger partial charge < -0.3 is 10.1 Å². The average Bonchev–Trinajstić information content (AvgIpc) is 2.78. The minimum Gasteiger partial charge on any atom is -0.466 e. The Bertz CT molecular complexity index is 388. The molecule has 0 bridgehead atoms. The lowest BCUT2D eigenvalue weighted by Crippen LogP contribution is -2.42. The molecule has 0 unspecified atom stereocenters.